The minimum Gasteiger partial charge on any atom is -0.325 e. The number of carbonyl (C=O) groups is 1. The Morgan fingerprint density at radius 1 is 0.197 bits per heavy atom. The van der Waals surface area contributed by atoms with Gasteiger partial charge in [0.1, 0.15) is 0 Å². The molecule has 0 rings (SSSR count). The molecule has 0 aromatic carbocycles. The molecule has 0 N–H and O–H groups in total. The van der Waals surface area contributed by atoms with Gasteiger partial charge in [-0.15, -0.1) is 0 Å². The molecule has 0 saturated heterocycles. The van der Waals surface area contributed by atoms with Crippen molar-refractivity contribution >= 4 is 6.03 Å². The summed E-state index contributed by atoms with van der Waals surface area (Å²) in [5, 5.41) is 0. The van der Waals surface area contributed by atoms with E-state index in [9.17, 15) is 4.79 Å². The molecule has 448 valence electrons. The van der Waals surface area contributed by atoms with Gasteiger partial charge < -0.3 is 9.80 Å². The van der Waals surface area contributed by atoms with Gasteiger partial charge in [-0.3, -0.25) is 0 Å². The molecule has 0 fully saturated rings. The first-order valence-electron chi connectivity index (χ1n) is 35.3. The fourth-order valence-electron chi connectivity index (χ4n) is 11.0. The zero-order valence-electron chi connectivity index (χ0n) is 52.8. The highest BCUT2D eigenvalue weighted by molar-refractivity contribution is 5.74. The van der Waals surface area contributed by atoms with Crippen LogP contribution >= 0.6 is 0 Å². The molecule has 0 aromatic heterocycles. The number of hydrogen-bond acceptors (Lipinski definition) is 1. The second-order valence-electron chi connectivity index (χ2n) is 24.0. The molecule has 0 aliphatic heterocycles. The molecule has 0 unspecified atom stereocenters. The van der Waals surface area contributed by atoms with Gasteiger partial charge in [0, 0.05) is 26.2 Å². The van der Waals surface area contributed by atoms with E-state index in [1.54, 1.807) is 0 Å². The minimum absolute atomic E-state index is 0.362. The lowest BCUT2D eigenvalue weighted by molar-refractivity contribution is 0.148. The number of unbranched alkanes of at least 4 members (excludes halogenated alkanes) is 48. The van der Waals surface area contributed by atoms with Gasteiger partial charge in [-0.25, -0.2) is 4.79 Å². The molecule has 0 bridgehead atoms. The predicted molar refractivity (Wildman–Crippen MR) is 346 cm³/mol. The maximum Gasteiger partial charge on any atom is 0.319 e. The van der Waals surface area contributed by atoms with E-state index in [1.807, 2.05) is 0 Å². The molecule has 0 radical (unpaired) electrons. The first kappa shape index (κ1) is 74.2. The molecule has 2 amide bonds. The smallest absolute Gasteiger partial charge is 0.319 e. The van der Waals surface area contributed by atoms with E-state index in [2.05, 4.69) is 86.1 Å². The first-order chi connectivity index (χ1) is 37.7. The number of hydrogen-bond donors (Lipinski definition) is 0. The van der Waals surface area contributed by atoms with Crippen LogP contribution in [0.3, 0.4) is 0 Å². The highest BCUT2D eigenvalue weighted by Crippen LogP contribution is 2.18. The zero-order valence-corrected chi connectivity index (χ0v) is 52.8. The Morgan fingerprint density at radius 3 is 0.487 bits per heavy atom. The number of allylic oxidation sites excluding steroid dienone is 8. The average molecular weight is 1060 g/mol. The SMILES string of the molecule is CCCCCCCCC=CCCCCCCCCN(CCCCCCCCC=CCCCCCCCC)C(=O)N(CCCCCCCCC=CCCCCCCCC)CCCCCCCCC=CCCCCCCCC. The van der Waals surface area contributed by atoms with Crippen molar-refractivity contribution in [3.05, 3.63) is 48.6 Å². The monoisotopic (exact) mass is 1060 g/mol. The molecule has 0 aliphatic rings. The predicted octanol–water partition coefficient (Wildman–Crippen LogP) is 25.9. The lowest BCUT2D eigenvalue weighted by Gasteiger charge is -2.31. The Balaban J connectivity index is 5.12. The van der Waals surface area contributed by atoms with Gasteiger partial charge in [-0.2, -0.15) is 0 Å². The van der Waals surface area contributed by atoms with Crippen molar-refractivity contribution in [1.82, 2.24) is 9.80 Å². The van der Waals surface area contributed by atoms with Crippen LogP contribution in [0.15, 0.2) is 48.6 Å². The Kier molecular flexibility index (Phi) is 65.9. The number of carbonyl (C=O) groups excluding carboxylic acids is 1. The van der Waals surface area contributed by atoms with Crippen molar-refractivity contribution in [1.29, 1.82) is 0 Å². The third-order valence-electron chi connectivity index (χ3n) is 16.3. The normalized spacial score (nSPS) is 12.1. The van der Waals surface area contributed by atoms with E-state index in [4.69, 9.17) is 0 Å². The van der Waals surface area contributed by atoms with Gasteiger partial charge in [-0.1, -0.05) is 307 Å². The molecular formula is C73H140N2O. The molecule has 0 saturated carbocycles. The standard InChI is InChI=1S/C73H140N2O/c1-5-9-13-17-21-25-29-33-37-41-45-49-53-57-61-65-69-74(70-66-62-58-54-50-46-42-38-34-30-26-22-18-14-10-6-2)73(76)75(71-67-63-59-55-51-47-43-39-35-31-27-23-19-15-11-7-3)72-68-64-60-56-52-48-44-40-36-32-28-24-20-16-12-8-4/h33-40H,5-32,41-72H2,1-4H3. The fourth-order valence-corrected chi connectivity index (χ4v) is 11.0. The van der Waals surface area contributed by atoms with Crippen LogP contribution in [-0.2, 0) is 0 Å². The average Bonchev–Trinajstić information content (AvgIpc) is 3.43. The molecule has 0 aromatic rings. The number of urea groups is 1. The number of rotatable bonds is 64. The van der Waals surface area contributed by atoms with Gasteiger partial charge in [0.05, 0.1) is 0 Å². The highest BCUT2D eigenvalue weighted by Gasteiger charge is 2.20. The van der Waals surface area contributed by atoms with Crippen LogP contribution < -0.4 is 0 Å². The van der Waals surface area contributed by atoms with E-state index in [-0.39, 0.29) is 0 Å². The Bertz CT molecular complexity index is 1030. The third kappa shape index (κ3) is 59.9. The van der Waals surface area contributed by atoms with E-state index in [0.29, 0.717) is 6.03 Å². The maximum absolute atomic E-state index is 14.6. The van der Waals surface area contributed by atoms with Crippen molar-refractivity contribution in [2.24, 2.45) is 0 Å². The third-order valence-corrected chi connectivity index (χ3v) is 16.3. The highest BCUT2D eigenvalue weighted by atomic mass is 16.2. The Labute approximate surface area is 480 Å². The molecule has 0 spiro atoms. The van der Waals surface area contributed by atoms with Crippen LogP contribution in [0.4, 0.5) is 4.79 Å². The van der Waals surface area contributed by atoms with Gasteiger partial charge in [-0.05, 0) is 128 Å². The van der Waals surface area contributed by atoms with Crippen molar-refractivity contribution in [3.8, 4) is 0 Å². The largest absolute Gasteiger partial charge is 0.325 e. The number of nitrogens with zero attached hydrogens (tertiary/aromatic N) is 2. The Hall–Kier alpha value is -1.77. The Morgan fingerprint density at radius 2 is 0.329 bits per heavy atom. The fraction of sp³-hybridized carbons (Fsp3) is 0.877. The first-order valence-corrected chi connectivity index (χ1v) is 35.3. The lowest BCUT2D eigenvalue weighted by Crippen LogP contribution is -2.45. The molecule has 0 aliphatic carbocycles. The summed E-state index contributed by atoms with van der Waals surface area (Å²) < 4.78 is 0. The van der Waals surface area contributed by atoms with Crippen molar-refractivity contribution in [3.63, 3.8) is 0 Å². The summed E-state index contributed by atoms with van der Waals surface area (Å²) in [4.78, 5) is 19.3. The molecule has 76 heavy (non-hydrogen) atoms. The summed E-state index contributed by atoms with van der Waals surface area (Å²) in [7, 11) is 0. The van der Waals surface area contributed by atoms with Gasteiger partial charge in [0.2, 0.25) is 0 Å². The van der Waals surface area contributed by atoms with Gasteiger partial charge >= 0.3 is 6.03 Å². The van der Waals surface area contributed by atoms with Crippen LogP contribution in [0.2, 0.25) is 0 Å². The van der Waals surface area contributed by atoms with Crippen LogP contribution in [0, 0.1) is 0 Å². The summed E-state index contributed by atoms with van der Waals surface area (Å²) in [6, 6.07) is 0.362. The van der Waals surface area contributed by atoms with Crippen LogP contribution in [-0.4, -0.2) is 42.0 Å². The second kappa shape index (κ2) is 67.5. The second-order valence-corrected chi connectivity index (χ2v) is 24.0. The maximum atomic E-state index is 14.6. The zero-order chi connectivity index (χ0) is 54.8. The van der Waals surface area contributed by atoms with Crippen LogP contribution in [0.1, 0.15) is 387 Å². The molecule has 3 heteroatoms. The van der Waals surface area contributed by atoms with Crippen molar-refractivity contribution < 1.29 is 4.79 Å². The topological polar surface area (TPSA) is 23.6 Å². The molecule has 3 nitrogen and oxygen atoms in total. The van der Waals surface area contributed by atoms with E-state index < -0.39 is 0 Å². The lowest BCUT2D eigenvalue weighted by atomic mass is 10.1. The summed E-state index contributed by atoms with van der Waals surface area (Å²) >= 11 is 0. The molecular weight excluding hydrogens is 921 g/mol. The summed E-state index contributed by atoms with van der Waals surface area (Å²) in [6.07, 6.45) is 94.0. The molecule has 0 heterocycles. The van der Waals surface area contributed by atoms with E-state index in [0.717, 1.165) is 51.9 Å². The molecule has 0 atom stereocenters. The minimum atomic E-state index is 0.362. The van der Waals surface area contributed by atoms with Crippen molar-refractivity contribution in [2.75, 3.05) is 26.2 Å². The van der Waals surface area contributed by atoms with Gasteiger partial charge in [0.15, 0.2) is 0 Å². The van der Waals surface area contributed by atoms with Crippen LogP contribution in [0.25, 0.3) is 0 Å². The van der Waals surface area contributed by atoms with Crippen LogP contribution in [0.5, 0.6) is 0 Å². The van der Waals surface area contributed by atoms with Gasteiger partial charge in [0.25, 0.3) is 0 Å². The van der Waals surface area contributed by atoms with E-state index >= 15 is 0 Å². The van der Waals surface area contributed by atoms with Crippen molar-refractivity contribution in [2.45, 2.75) is 387 Å². The number of amides is 2. The van der Waals surface area contributed by atoms with E-state index in [1.165, 1.54) is 334 Å². The summed E-state index contributed by atoms with van der Waals surface area (Å²) in [5.41, 5.74) is 0. The quantitative estimate of drug-likeness (QED) is 0.0440. The summed E-state index contributed by atoms with van der Waals surface area (Å²) in [6.45, 7) is 13.0. The summed E-state index contributed by atoms with van der Waals surface area (Å²) in [5.74, 6) is 0.